The van der Waals surface area contributed by atoms with Crippen LogP contribution in [-0.4, -0.2) is 22.6 Å². The van der Waals surface area contributed by atoms with Crippen LogP contribution < -0.4 is 4.74 Å². The zero-order valence-electron chi connectivity index (χ0n) is 15.1. The maximum absolute atomic E-state index is 13.2. The standard InChI is InChI=1S/C20H20FN3O3/c1-12(2)9-10-27-15-6-3-13(4-7-15)19(25)24-23-18-16-8-5-14(21)11-17(16)22-20(18)26/h3-8,11-12,22,26H,9-10H2,1-2H3. The molecule has 2 aromatic carbocycles. The molecule has 27 heavy (non-hydrogen) atoms. The van der Waals surface area contributed by atoms with E-state index in [1.165, 1.54) is 18.2 Å². The molecule has 0 aliphatic heterocycles. The predicted octanol–water partition coefficient (Wildman–Crippen LogP) is 5.36. The van der Waals surface area contributed by atoms with E-state index in [-0.39, 0.29) is 11.6 Å². The lowest BCUT2D eigenvalue weighted by Crippen LogP contribution is -2.01. The van der Waals surface area contributed by atoms with E-state index in [0.717, 1.165) is 6.42 Å². The van der Waals surface area contributed by atoms with Crippen molar-refractivity contribution in [2.75, 3.05) is 6.61 Å². The molecule has 6 nitrogen and oxygen atoms in total. The quantitative estimate of drug-likeness (QED) is 0.573. The Bertz CT molecular complexity index is 978. The highest BCUT2D eigenvalue weighted by Crippen LogP contribution is 2.35. The lowest BCUT2D eigenvalue weighted by Gasteiger charge is -2.07. The van der Waals surface area contributed by atoms with Gasteiger partial charge < -0.3 is 14.8 Å². The molecule has 0 radical (unpaired) electrons. The van der Waals surface area contributed by atoms with Gasteiger partial charge in [0.05, 0.1) is 12.1 Å². The van der Waals surface area contributed by atoms with Gasteiger partial charge in [-0.15, -0.1) is 10.2 Å². The summed E-state index contributed by atoms with van der Waals surface area (Å²) in [4.78, 5) is 14.8. The van der Waals surface area contributed by atoms with Crippen LogP contribution in [0.15, 0.2) is 52.7 Å². The van der Waals surface area contributed by atoms with Crippen LogP contribution in [0.3, 0.4) is 0 Å². The van der Waals surface area contributed by atoms with Crippen molar-refractivity contribution in [3.05, 3.63) is 53.8 Å². The summed E-state index contributed by atoms with van der Waals surface area (Å²) in [6.45, 7) is 4.86. The number of rotatable bonds is 6. The van der Waals surface area contributed by atoms with Gasteiger partial charge in [-0.2, -0.15) is 0 Å². The predicted molar refractivity (Wildman–Crippen MR) is 100 cm³/mol. The molecule has 0 aliphatic rings. The number of hydrogen-bond donors (Lipinski definition) is 2. The molecule has 0 fully saturated rings. The number of azo groups is 1. The smallest absolute Gasteiger partial charge is 0.295 e. The van der Waals surface area contributed by atoms with Crippen LogP contribution in [0.4, 0.5) is 10.1 Å². The van der Waals surface area contributed by atoms with E-state index in [1.54, 1.807) is 24.3 Å². The van der Waals surface area contributed by atoms with E-state index in [0.29, 0.717) is 34.7 Å². The van der Waals surface area contributed by atoms with Gasteiger partial charge in [0.25, 0.3) is 5.91 Å². The summed E-state index contributed by atoms with van der Waals surface area (Å²) in [6, 6.07) is 10.6. The number of aromatic hydroxyl groups is 1. The molecule has 0 unspecified atom stereocenters. The summed E-state index contributed by atoms with van der Waals surface area (Å²) >= 11 is 0. The van der Waals surface area contributed by atoms with Gasteiger partial charge in [0, 0.05) is 10.9 Å². The first-order valence-corrected chi connectivity index (χ1v) is 8.63. The third-order valence-corrected chi connectivity index (χ3v) is 4.02. The number of benzene rings is 2. The maximum Gasteiger partial charge on any atom is 0.295 e. The van der Waals surface area contributed by atoms with E-state index in [2.05, 4.69) is 29.1 Å². The van der Waals surface area contributed by atoms with Crippen molar-refractivity contribution < 1.29 is 19.0 Å². The number of nitrogens with zero attached hydrogens (tertiary/aromatic N) is 2. The number of aromatic nitrogens is 1. The molecule has 0 spiro atoms. The van der Waals surface area contributed by atoms with Gasteiger partial charge in [-0.05, 0) is 54.8 Å². The number of fused-ring (bicyclic) bond motifs is 1. The van der Waals surface area contributed by atoms with Crippen molar-refractivity contribution in [3.8, 4) is 11.6 Å². The highest BCUT2D eigenvalue weighted by molar-refractivity contribution is 5.97. The zero-order valence-corrected chi connectivity index (χ0v) is 15.1. The minimum absolute atomic E-state index is 0.0898. The summed E-state index contributed by atoms with van der Waals surface area (Å²) in [5.41, 5.74) is 0.809. The molecule has 0 saturated heterocycles. The Morgan fingerprint density at radius 3 is 2.67 bits per heavy atom. The molecule has 1 aromatic heterocycles. The minimum Gasteiger partial charge on any atom is -0.494 e. The highest BCUT2D eigenvalue weighted by atomic mass is 19.1. The number of hydrogen-bond acceptors (Lipinski definition) is 4. The van der Waals surface area contributed by atoms with Crippen molar-refractivity contribution in [3.63, 3.8) is 0 Å². The summed E-state index contributed by atoms with van der Waals surface area (Å²) in [5, 5.41) is 17.9. The van der Waals surface area contributed by atoms with Crippen LogP contribution in [0, 0.1) is 11.7 Å². The van der Waals surface area contributed by atoms with Gasteiger partial charge in [-0.3, -0.25) is 4.79 Å². The zero-order chi connectivity index (χ0) is 19.4. The SMILES string of the molecule is CC(C)CCOc1ccc(C(=O)N=Nc2c(O)[nH]c3cc(F)ccc23)cc1. The number of amides is 1. The molecule has 0 saturated carbocycles. The van der Waals surface area contributed by atoms with E-state index in [9.17, 15) is 14.3 Å². The largest absolute Gasteiger partial charge is 0.494 e. The molecule has 0 bridgehead atoms. The fraction of sp³-hybridized carbons (Fsp3) is 0.250. The van der Waals surface area contributed by atoms with E-state index < -0.39 is 11.7 Å². The molecule has 0 atom stereocenters. The lowest BCUT2D eigenvalue weighted by molar-refractivity contribution is 0.0995. The van der Waals surface area contributed by atoms with Crippen LogP contribution in [0.1, 0.15) is 30.6 Å². The van der Waals surface area contributed by atoms with Crippen molar-refractivity contribution in [2.24, 2.45) is 16.1 Å². The molecular weight excluding hydrogens is 349 g/mol. The molecule has 1 amide bonds. The van der Waals surface area contributed by atoms with Crippen LogP contribution in [-0.2, 0) is 0 Å². The number of carbonyl (C=O) groups is 1. The Morgan fingerprint density at radius 1 is 1.22 bits per heavy atom. The Labute approximate surface area is 155 Å². The second-order valence-electron chi connectivity index (χ2n) is 6.57. The van der Waals surface area contributed by atoms with Crippen LogP contribution in [0.2, 0.25) is 0 Å². The van der Waals surface area contributed by atoms with Gasteiger partial charge >= 0.3 is 0 Å². The van der Waals surface area contributed by atoms with Gasteiger partial charge in [0.1, 0.15) is 11.6 Å². The van der Waals surface area contributed by atoms with E-state index in [1.807, 2.05) is 0 Å². The fourth-order valence-electron chi connectivity index (χ4n) is 2.50. The third kappa shape index (κ3) is 4.49. The average Bonchev–Trinajstić information content (AvgIpc) is 2.94. The van der Waals surface area contributed by atoms with E-state index in [4.69, 9.17) is 4.74 Å². The number of nitrogens with one attached hydrogen (secondary N) is 1. The van der Waals surface area contributed by atoms with E-state index >= 15 is 0 Å². The number of ether oxygens (including phenoxy) is 1. The monoisotopic (exact) mass is 369 g/mol. The first kappa shape index (κ1) is 18.6. The van der Waals surface area contributed by atoms with Crippen molar-refractivity contribution in [1.29, 1.82) is 0 Å². The number of H-pyrrole nitrogens is 1. The Morgan fingerprint density at radius 2 is 1.96 bits per heavy atom. The maximum atomic E-state index is 13.2. The van der Waals surface area contributed by atoms with Gasteiger partial charge in [-0.25, -0.2) is 4.39 Å². The molecule has 3 rings (SSSR count). The summed E-state index contributed by atoms with van der Waals surface area (Å²) in [5.74, 6) is -0.0382. The van der Waals surface area contributed by atoms with Crippen LogP contribution in [0.5, 0.6) is 11.6 Å². The van der Waals surface area contributed by atoms with Crippen LogP contribution >= 0.6 is 0 Å². The first-order chi connectivity index (χ1) is 12.9. The molecule has 1 heterocycles. The summed E-state index contributed by atoms with van der Waals surface area (Å²) < 4.78 is 18.9. The highest BCUT2D eigenvalue weighted by Gasteiger charge is 2.12. The molecule has 3 aromatic rings. The molecule has 0 aliphatic carbocycles. The summed E-state index contributed by atoms with van der Waals surface area (Å²) in [6.07, 6.45) is 0.951. The number of halogens is 1. The summed E-state index contributed by atoms with van der Waals surface area (Å²) in [7, 11) is 0. The Hall–Kier alpha value is -3.22. The van der Waals surface area contributed by atoms with Gasteiger partial charge in [0.15, 0.2) is 5.69 Å². The molecule has 7 heteroatoms. The van der Waals surface area contributed by atoms with Crippen molar-refractivity contribution >= 4 is 22.5 Å². The lowest BCUT2D eigenvalue weighted by atomic mass is 10.1. The number of carbonyl (C=O) groups excluding carboxylic acids is 1. The second kappa shape index (κ2) is 7.99. The second-order valence-corrected chi connectivity index (χ2v) is 6.57. The molecule has 2 N–H and O–H groups in total. The van der Waals surface area contributed by atoms with Crippen molar-refractivity contribution in [1.82, 2.24) is 4.98 Å². The third-order valence-electron chi connectivity index (χ3n) is 4.02. The fourth-order valence-corrected chi connectivity index (χ4v) is 2.50. The minimum atomic E-state index is -0.556. The van der Waals surface area contributed by atoms with Gasteiger partial charge in [-0.1, -0.05) is 13.8 Å². The molecular formula is C20H20FN3O3. The normalized spacial score (nSPS) is 11.6. The van der Waals surface area contributed by atoms with Gasteiger partial charge in [0.2, 0.25) is 5.88 Å². The van der Waals surface area contributed by atoms with Crippen molar-refractivity contribution in [2.45, 2.75) is 20.3 Å². The Kier molecular flexibility index (Phi) is 5.49. The number of aromatic amines is 1. The molecule has 140 valence electrons. The first-order valence-electron chi connectivity index (χ1n) is 8.63. The average molecular weight is 369 g/mol. The topological polar surface area (TPSA) is 87.0 Å². The van der Waals surface area contributed by atoms with Crippen LogP contribution in [0.25, 0.3) is 10.9 Å². The Balaban J connectivity index is 1.71.